The minimum atomic E-state index is -0.0577. The van der Waals surface area contributed by atoms with Gasteiger partial charge in [-0.2, -0.15) is 0 Å². The summed E-state index contributed by atoms with van der Waals surface area (Å²) in [6.45, 7) is 3.16. The van der Waals surface area contributed by atoms with Gasteiger partial charge in [0.1, 0.15) is 19.0 Å². The number of aromatic nitrogens is 2. The van der Waals surface area contributed by atoms with E-state index >= 15 is 0 Å². The van der Waals surface area contributed by atoms with Crippen LogP contribution in [0.5, 0.6) is 17.2 Å². The van der Waals surface area contributed by atoms with Crippen molar-refractivity contribution in [2.75, 3.05) is 19.0 Å². The third-order valence-electron chi connectivity index (χ3n) is 3.99. The van der Waals surface area contributed by atoms with Gasteiger partial charge in [0.25, 0.3) is 11.1 Å². The predicted molar refractivity (Wildman–Crippen MR) is 102 cm³/mol. The highest BCUT2D eigenvalue weighted by Crippen LogP contribution is 2.31. The fraction of sp³-hybridized carbons (Fsp3) is 0.250. The highest BCUT2D eigenvalue weighted by Gasteiger charge is 2.16. The molecule has 0 unspecified atom stereocenters. The van der Waals surface area contributed by atoms with Crippen LogP contribution in [0.25, 0.3) is 0 Å². The SMILES string of the molecule is Cc1cccc(OCc2nnc(SCC(=O)c3ccc4c(c3)OCCO4)o2)c1. The summed E-state index contributed by atoms with van der Waals surface area (Å²) in [5.41, 5.74) is 1.66. The predicted octanol–water partition coefficient (Wildman–Crippen LogP) is 3.70. The van der Waals surface area contributed by atoms with E-state index in [1.165, 1.54) is 11.8 Å². The molecule has 0 atom stereocenters. The van der Waals surface area contributed by atoms with Crippen LogP contribution in [0.2, 0.25) is 0 Å². The zero-order chi connectivity index (χ0) is 19.3. The Hall–Kier alpha value is -3.00. The van der Waals surface area contributed by atoms with E-state index in [2.05, 4.69) is 10.2 Å². The number of ketones is 1. The second-order valence-electron chi connectivity index (χ2n) is 6.14. The van der Waals surface area contributed by atoms with Gasteiger partial charge in [-0.1, -0.05) is 23.9 Å². The number of fused-ring (bicyclic) bond motifs is 1. The largest absolute Gasteiger partial charge is 0.486 e. The smallest absolute Gasteiger partial charge is 0.277 e. The van der Waals surface area contributed by atoms with Gasteiger partial charge in [0.2, 0.25) is 0 Å². The number of ether oxygens (including phenoxy) is 3. The number of nitrogens with zero attached hydrogens (tertiary/aromatic N) is 2. The van der Waals surface area contributed by atoms with Crippen LogP contribution in [-0.4, -0.2) is 34.9 Å². The van der Waals surface area contributed by atoms with E-state index in [-0.39, 0.29) is 18.1 Å². The standard InChI is InChI=1S/C20H18N2O5S/c1-13-3-2-4-15(9-13)26-11-19-21-22-20(27-19)28-12-16(23)14-5-6-17-18(10-14)25-8-7-24-17/h2-6,9-10H,7-8,11-12H2,1H3. The van der Waals surface area contributed by atoms with E-state index in [0.29, 0.717) is 41.4 Å². The molecule has 0 aliphatic carbocycles. The molecule has 1 aromatic heterocycles. The minimum absolute atomic E-state index is 0.0577. The van der Waals surface area contributed by atoms with Crippen LogP contribution in [0.3, 0.4) is 0 Å². The van der Waals surface area contributed by atoms with Crippen molar-refractivity contribution in [3.8, 4) is 17.2 Å². The Labute approximate surface area is 166 Å². The highest BCUT2D eigenvalue weighted by atomic mass is 32.2. The van der Waals surface area contributed by atoms with Crippen molar-refractivity contribution >= 4 is 17.5 Å². The molecule has 7 nitrogen and oxygen atoms in total. The molecule has 2 heterocycles. The third kappa shape index (κ3) is 4.45. The van der Waals surface area contributed by atoms with Crippen molar-refractivity contribution in [1.29, 1.82) is 0 Å². The zero-order valence-corrected chi connectivity index (χ0v) is 16.0. The monoisotopic (exact) mass is 398 g/mol. The summed E-state index contributed by atoms with van der Waals surface area (Å²) < 4.78 is 22.1. The Morgan fingerprint density at radius 2 is 1.96 bits per heavy atom. The molecule has 1 aliphatic rings. The molecular formula is C20H18N2O5S. The summed E-state index contributed by atoms with van der Waals surface area (Å²) in [5.74, 6) is 2.47. The van der Waals surface area contributed by atoms with Gasteiger partial charge in [0.05, 0.1) is 5.75 Å². The van der Waals surface area contributed by atoms with Crippen LogP contribution < -0.4 is 14.2 Å². The molecule has 0 radical (unpaired) electrons. The summed E-state index contributed by atoms with van der Waals surface area (Å²) in [4.78, 5) is 12.4. The van der Waals surface area contributed by atoms with E-state index in [0.717, 1.165) is 11.3 Å². The lowest BCUT2D eigenvalue weighted by Gasteiger charge is -2.18. The summed E-state index contributed by atoms with van der Waals surface area (Å²) in [7, 11) is 0. The first-order valence-corrected chi connectivity index (χ1v) is 9.73. The molecule has 0 spiro atoms. The van der Waals surface area contributed by atoms with Crippen molar-refractivity contribution in [2.24, 2.45) is 0 Å². The number of aryl methyl sites for hydroxylation is 1. The van der Waals surface area contributed by atoms with E-state index < -0.39 is 0 Å². The van der Waals surface area contributed by atoms with Gasteiger partial charge in [-0.15, -0.1) is 10.2 Å². The van der Waals surface area contributed by atoms with Crippen LogP contribution in [0, 0.1) is 6.92 Å². The average molecular weight is 398 g/mol. The molecule has 144 valence electrons. The Morgan fingerprint density at radius 3 is 2.82 bits per heavy atom. The van der Waals surface area contributed by atoms with Gasteiger partial charge >= 0.3 is 0 Å². The molecule has 28 heavy (non-hydrogen) atoms. The summed E-state index contributed by atoms with van der Waals surface area (Å²) in [5, 5.41) is 8.23. The molecule has 0 saturated heterocycles. The number of carbonyl (C=O) groups is 1. The van der Waals surface area contributed by atoms with E-state index in [4.69, 9.17) is 18.6 Å². The number of Topliss-reactive ketones (excluding diaryl/α,β-unsaturated/α-hetero) is 1. The lowest BCUT2D eigenvalue weighted by atomic mass is 10.1. The number of thioether (sulfide) groups is 1. The lowest BCUT2D eigenvalue weighted by Crippen LogP contribution is -2.16. The summed E-state index contributed by atoms with van der Waals surface area (Å²) >= 11 is 1.19. The first-order chi connectivity index (χ1) is 13.7. The third-order valence-corrected chi connectivity index (χ3v) is 4.81. The minimum Gasteiger partial charge on any atom is -0.486 e. The van der Waals surface area contributed by atoms with E-state index in [1.54, 1.807) is 18.2 Å². The first kappa shape index (κ1) is 18.4. The second kappa shape index (κ2) is 8.35. The Morgan fingerprint density at radius 1 is 1.11 bits per heavy atom. The second-order valence-corrected chi connectivity index (χ2v) is 7.06. The maximum atomic E-state index is 12.4. The van der Waals surface area contributed by atoms with Gasteiger partial charge in [0.15, 0.2) is 23.9 Å². The molecular weight excluding hydrogens is 380 g/mol. The highest BCUT2D eigenvalue weighted by molar-refractivity contribution is 7.99. The van der Waals surface area contributed by atoms with Gasteiger partial charge < -0.3 is 18.6 Å². The molecule has 8 heteroatoms. The van der Waals surface area contributed by atoms with Gasteiger partial charge in [-0.3, -0.25) is 4.79 Å². The summed E-state index contributed by atoms with van der Waals surface area (Å²) in [6.07, 6.45) is 0. The van der Waals surface area contributed by atoms with Crippen molar-refractivity contribution in [3.63, 3.8) is 0 Å². The first-order valence-electron chi connectivity index (χ1n) is 8.75. The number of carbonyl (C=O) groups excluding carboxylic acids is 1. The Kier molecular flexibility index (Phi) is 5.48. The van der Waals surface area contributed by atoms with Crippen molar-refractivity contribution in [1.82, 2.24) is 10.2 Å². The number of hydrogen-bond donors (Lipinski definition) is 0. The van der Waals surface area contributed by atoms with Crippen LogP contribution >= 0.6 is 11.8 Å². The Balaban J connectivity index is 1.31. The van der Waals surface area contributed by atoms with Crippen LogP contribution in [0.15, 0.2) is 52.1 Å². The Bertz CT molecular complexity index is 988. The van der Waals surface area contributed by atoms with Crippen molar-refractivity contribution in [2.45, 2.75) is 18.8 Å². The molecule has 0 saturated carbocycles. The molecule has 3 aromatic rings. The average Bonchev–Trinajstić information content (AvgIpc) is 3.18. The fourth-order valence-electron chi connectivity index (χ4n) is 2.63. The molecule has 0 N–H and O–H groups in total. The van der Waals surface area contributed by atoms with Crippen molar-refractivity contribution in [3.05, 3.63) is 59.5 Å². The zero-order valence-electron chi connectivity index (χ0n) is 15.2. The van der Waals surface area contributed by atoms with Crippen LogP contribution in [0.4, 0.5) is 0 Å². The van der Waals surface area contributed by atoms with Gasteiger partial charge in [-0.25, -0.2) is 0 Å². The topological polar surface area (TPSA) is 83.7 Å². The maximum Gasteiger partial charge on any atom is 0.277 e. The van der Waals surface area contributed by atoms with Gasteiger partial charge in [-0.05, 0) is 42.8 Å². The van der Waals surface area contributed by atoms with Gasteiger partial charge in [0, 0.05) is 5.56 Å². The van der Waals surface area contributed by atoms with E-state index in [9.17, 15) is 4.79 Å². The quantitative estimate of drug-likeness (QED) is 0.440. The number of hydrogen-bond acceptors (Lipinski definition) is 8. The maximum absolute atomic E-state index is 12.4. The van der Waals surface area contributed by atoms with Crippen LogP contribution in [-0.2, 0) is 6.61 Å². The fourth-order valence-corrected chi connectivity index (χ4v) is 3.31. The summed E-state index contributed by atoms with van der Waals surface area (Å²) in [6, 6.07) is 12.9. The lowest BCUT2D eigenvalue weighted by molar-refractivity contribution is 0.102. The molecule has 2 aromatic carbocycles. The number of benzene rings is 2. The molecule has 0 amide bonds. The molecule has 0 bridgehead atoms. The van der Waals surface area contributed by atoms with Crippen LogP contribution in [0.1, 0.15) is 21.8 Å². The normalized spacial score (nSPS) is 12.6. The van der Waals surface area contributed by atoms with Crippen molar-refractivity contribution < 1.29 is 23.4 Å². The van der Waals surface area contributed by atoms with E-state index in [1.807, 2.05) is 31.2 Å². The molecule has 4 rings (SSSR count). The molecule has 0 fully saturated rings. The number of rotatable bonds is 7. The molecule has 1 aliphatic heterocycles.